The van der Waals surface area contributed by atoms with Gasteiger partial charge in [-0.3, -0.25) is 4.79 Å². The zero-order valence-corrected chi connectivity index (χ0v) is 14.3. The molecule has 0 saturated carbocycles. The average molecular weight is 342 g/mol. The van der Waals surface area contributed by atoms with E-state index in [0.29, 0.717) is 24.3 Å². The molecular formula is C15H22N2O5S. The van der Waals surface area contributed by atoms with Crippen molar-refractivity contribution in [3.63, 3.8) is 0 Å². The predicted octanol–water partition coefficient (Wildman–Crippen LogP) is 0.978. The van der Waals surface area contributed by atoms with Gasteiger partial charge in [-0.1, -0.05) is 0 Å². The van der Waals surface area contributed by atoms with Crippen molar-refractivity contribution in [3.8, 4) is 11.5 Å². The Morgan fingerprint density at radius 3 is 2.43 bits per heavy atom. The smallest absolute Gasteiger partial charge is 0.243 e. The molecule has 0 spiro atoms. The van der Waals surface area contributed by atoms with Gasteiger partial charge in [0, 0.05) is 18.7 Å². The molecule has 1 heterocycles. The lowest BCUT2D eigenvalue weighted by atomic mass is 9.95. The molecule has 0 bridgehead atoms. The number of nitrogens with zero attached hydrogens (tertiary/aromatic N) is 1. The highest BCUT2D eigenvalue weighted by Crippen LogP contribution is 2.33. The van der Waals surface area contributed by atoms with Crippen LogP contribution in [0.1, 0.15) is 19.8 Å². The highest BCUT2D eigenvalue weighted by atomic mass is 32.2. The third-order valence-electron chi connectivity index (χ3n) is 4.19. The quantitative estimate of drug-likeness (QED) is 0.860. The maximum Gasteiger partial charge on any atom is 0.243 e. The molecule has 0 unspecified atom stereocenters. The van der Waals surface area contributed by atoms with E-state index in [1.165, 1.54) is 30.7 Å². The molecule has 1 amide bonds. The third kappa shape index (κ3) is 3.42. The van der Waals surface area contributed by atoms with E-state index in [1.807, 2.05) is 6.92 Å². The number of nitrogens with two attached hydrogens (primary N) is 1. The van der Waals surface area contributed by atoms with Crippen molar-refractivity contribution in [1.29, 1.82) is 0 Å². The SMILES string of the molecule is COc1ccc(S(=O)(=O)N2C[C@@H](C(N)=O)CC[C@@H]2C)cc1OC. The van der Waals surface area contributed by atoms with E-state index in [9.17, 15) is 13.2 Å². The molecule has 0 aromatic heterocycles. The van der Waals surface area contributed by atoms with E-state index in [4.69, 9.17) is 15.2 Å². The summed E-state index contributed by atoms with van der Waals surface area (Å²) in [6.07, 6.45) is 1.20. The molecule has 1 aromatic carbocycles. The largest absolute Gasteiger partial charge is 0.493 e. The Labute approximate surface area is 136 Å². The molecule has 0 radical (unpaired) electrons. The maximum atomic E-state index is 12.9. The molecule has 1 aromatic rings. The molecule has 2 N–H and O–H groups in total. The van der Waals surface area contributed by atoms with Gasteiger partial charge in [0.05, 0.1) is 25.0 Å². The van der Waals surface area contributed by atoms with E-state index in [0.717, 1.165) is 0 Å². The van der Waals surface area contributed by atoms with Gasteiger partial charge in [-0.15, -0.1) is 0 Å². The zero-order chi connectivity index (χ0) is 17.2. The Balaban J connectivity index is 2.38. The van der Waals surface area contributed by atoms with E-state index in [1.54, 1.807) is 6.07 Å². The van der Waals surface area contributed by atoms with Gasteiger partial charge in [0.15, 0.2) is 11.5 Å². The van der Waals surface area contributed by atoms with Crippen LogP contribution in [-0.2, 0) is 14.8 Å². The van der Waals surface area contributed by atoms with Gasteiger partial charge in [-0.2, -0.15) is 4.31 Å². The average Bonchev–Trinajstić information content (AvgIpc) is 2.54. The van der Waals surface area contributed by atoms with E-state index >= 15 is 0 Å². The molecule has 1 fully saturated rings. The summed E-state index contributed by atoms with van der Waals surface area (Å²) in [5.41, 5.74) is 5.34. The van der Waals surface area contributed by atoms with Gasteiger partial charge < -0.3 is 15.2 Å². The van der Waals surface area contributed by atoms with Crippen LogP contribution >= 0.6 is 0 Å². The summed E-state index contributed by atoms with van der Waals surface area (Å²) >= 11 is 0. The molecule has 128 valence electrons. The zero-order valence-electron chi connectivity index (χ0n) is 13.5. The third-order valence-corrected chi connectivity index (χ3v) is 6.16. The Morgan fingerprint density at radius 2 is 1.87 bits per heavy atom. The van der Waals surface area contributed by atoms with Crippen molar-refractivity contribution < 1.29 is 22.7 Å². The van der Waals surface area contributed by atoms with Crippen molar-refractivity contribution in [2.24, 2.45) is 11.7 Å². The van der Waals surface area contributed by atoms with Crippen LogP contribution in [0.3, 0.4) is 0 Å². The van der Waals surface area contributed by atoms with Gasteiger partial charge >= 0.3 is 0 Å². The highest BCUT2D eigenvalue weighted by Gasteiger charge is 2.37. The maximum absolute atomic E-state index is 12.9. The number of amides is 1. The lowest BCUT2D eigenvalue weighted by Crippen LogP contribution is -2.48. The summed E-state index contributed by atoms with van der Waals surface area (Å²) in [7, 11) is -0.818. The summed E-state index contributed by atoms with van der Waals surface area (Å²) in [5, 5.41) is 0. The molecule has 1 saturated heterocycles. The number of rotatable bonds is 5. The summed E-state index contributed by atoms with van der Waals surface area (Å²) in [6.45, 7) is 1.93. The minimum atomic E-state index is -3.75. The molecular weight excluding hydrogens is 320 g/mol. The van der Waals surface area contributed by atoms with E-state index in [2.05, 4.69) is 0 Å². The van der Waals surface area contributed by atoms with E-state index in [-0.39, 0.29) is 17.5 Å². The molecule has 1 aliphatic rings. The fourth-order valence-electron chi connectivity index (χ4n) is 2.75. The number of primary amides is 1. The van der Waals surface area contributed by atoms with Crippen LogP contribution in [0, 0.1) is 5.92 Å². The minimum absolute atomic E-state index is 0.104. The van der Waals surface area contributed by atoms with Gasteiger partial charge in [0.2, 0.25) is 15.9 Å². The molecule has 8 heteroatoms. The number of carbonyl (C=O) groups excluding carboxylic acids is 1. The minimum Gasteiger partial charge on any atom is -0.493 e. The van der Waals surface area contributed by atoms with Crippen molar-refractivity contribution in [3.05, 3.63) is 18.2 Å². The van der Waals surface area contributed by atoms with Gasteiger partial charge in [-0.05, 0) is 31.9 Å². The van der Waals surface area contributed by atoms with Crippen molar-refractivity contribution >= 4 is 15.9 Å². The van der Waals surface area contributed by atoms with Gasteiger partial charge in [0.1, 0.15) is 0 Å². The monoisotopic (exact) mass is 342 g/mol. The van der Waals surface area contributed by atoms with Gasteiger partial charge in [-0.25, -0.2) is 8.42 Å². The summed E-state index contributed by atoms with van der Waals surface area (Å²) in [6, 6.07) is 4.25. The normalized spacial score (nSPS) is 22.6. The van der Waals surface area contributed by atoms with Gasteiger partial charge in [0.25, 0.3) is 0 Å². The fourth-order valence-corrected chi connectivity index (χ4v) is 4.48. The molecule has 1 aliphatic heterocycles. The summed E-state index contributed by atoms with van der Waals surface area (Å²) in [4.78, 5) is 11.5. The Bertz CT molecular complexity index is 689. The Hall–Kier alpha value is -1.80. The number of sulfonamides is 1. The van der Waals surface area contributed by atoms with Crippen molar-refractivity contribution in [2.45, 2.75) is 30.7 Å². The first-order chi connectivity index (χ1) is 10.8. The number of hydrogen-bond donors (Lipinski definition) is 1. The lowest BCUT2D eigenvalue weighted by Gasteiger charge is -2.35. The first kappa shape index (κ1) is 17.6. The van der Waals surface area contributed by atoms with E-state index < -0.39 is 21.8 Å². The first-order valence-corrected chi connectivity index (χ1v) is 8.78. The molecule has 2 atom stereocenters. The topological polar surface area (TPSA) is 98.9 Å². The van der Waals surface area contributed by atoms with Crippen LogP contribution in [0.5, 0.6) is 11.5 Å². The lowest BCUT2D eigenvalue weighted by molar-refractivity contribution is -0.123. The van der Waals surface area contributed by atoms with Crippen LogP contribution in [0.4, 0.5) is 0 Å². The summed E-state index contributed by atoms with van der Waals surface area (Å²) in [5.74, 6) is -0.136. The Morgan fingerprint density at radius 1 is 1.22 bits per heavy atom. The number of methoxy groups -OCH3 is 2. The molecule has 23 heavy (non-hydrogen) atoms. The van der Waals surface area contributed by atoms with Crippen LogP contribution in [-0.4, -0.2) is 45.4 Å². The van der Waals surface area contributed by atoms with Crippen LogP contribution in [0.2, 0.25) is 0 Å². The molecule has 7 nitrogen and oxygen atoms in total. The Kier molecular flexibility index (Phi) is 5.16. The van der Waals surface area contributed by atoms with Crippen molar-refractivity contribution in [1.82, 2.24) is 4.31 Å². The van der Waals surface area contributed by atoms with Crippen LogP contribution in [0.25, 0.3) is 0 Å². The van der Waals surface area contributed by atoms with Crippen LogP contribution < -0.4 is 15.2 Å². The first-order valence-electron chi connectivity index (χ1n) is 7.34. The number of hydrogen-bond acceptors (Lipinski definition) is 5. The second kappa shape index (κ2) is 6.76. The molecule has 2 rings (SSSR count). The second-order valence-corrected chi connectivity index (χ2v) is 7.51. The number of benzene rings is 1. The fraction of sp³-hybridized carbons (Fsp3) is 0.533. The standard InChI is InChI=1S/C15H22N2O5S/c1-10-4-5-11(15(16)18)9-17(10)23(19,20)12-6-7-13(21-2)14(8-12)22-3/h6-8,10-11H,4-5,9H2,1-3H3,(H2,16,18)/t10-,11-/m0/s1. The number of ether oxygens (including phenoxy) is 2. The van der Waals surface area contributed by atoms with Crippen molar-refractivity contribution in [2.75, 3.05) is 20.8 Å². The number of carbonyl (C=O) groups is 1. The summed E-state index contributed by atoms with van der Waals surface area (Å²) < 4.78 is 37.5. The van der Waals surface area contributed by atoms with Crippen LogP contribution in [0.15, 0.2) is 23.1 Å². The highest BCUT2D eigenvalue weighted by molar-refractivity contribution is 7.89. The predicted molar refractivity (Wildman–Crippen MR) is 84.8 cm³/mol. The molecule has 0 aliphatic carbocycles. The number of piperidine rings is 1. The second-order valence-electron chi connectivity index (χ2n) is 5.62.